The van der Waals surface area contributed by atoms with E-state index in [1.807, 2.05) is 0 Å². The van der Waals surface area contributed by atoms with Crippen LogP contribution in [0.15, 0.2) is 22.7 Å². The van der Waals surface area contributed by atoms with Gasteiger partial charge in [-0.15, -0.1) is 0 Å². The average molecular weight is 285 g/mol. The summed E-state index contributed by atoms with van der Waals surface area (Å²) >= 11 is 3.23. The Morgan fingerprint density at radius 3 is 2.62 bits per heavy atom. The van der Waals surface area contributed by atoms with Crippen molar-refractivity contribution in [2.45, 2.75) is 26.7 Å². The van der Waals surface area contributed by atoms with Crippen LogP contribution >= 0.6 is 15.9 Å². The maximum Gasteiger partial charge on any atom is 0.140 e. The molecule has 1 saturated carbocycles. The molecule has 86 valence electrons. The lowest BCUT2D eigenvalue weighted by molar-refractivity contribution is -0.120. The first-order valence-electron chi connectivity index (χ1n) is 5.36. The van der Waals surface area contributed by atoms with Crippen molar-refractivity contribution in [2.75, 3.05) is 0 Å². The zero-order chi connectivity index (χ0) is 11.9. The minimum absolute atomic E-state index is 0.154. The fourth-order valence-electron chi connectivity index (χ4n) is 2.05. The Balaban J connectivity index is 2.07. The minimum atomic E-state index is -0.299. The number of rotatable bonds is 3. The second-order valence-corrected chi connectivity index (χ2v) is 6.08. The van der Waals surface area contributed by atoms with Crippen LogP contribution in [0.25, 0.3) is 0 Å². The normalized spacial score (nSPS) is 21.9. The van der Waals surface area contributed by atoms with Gasteiger partial charge in [0.25, 0.3) is 0 Å². The molecule has 1 aromatic carbocycles. The molecule has 1 aliphatic rings. The van der Waals surface area contributed by atoms with Crippen LogP contribution in [0.3, 0.4) is 0 Å². The first-order valence-corrected chi connectivity index (χ1v) is 6.15. The molecule has 0 aromatic heterocycles. The predicted octanol–water partition coefficient (Wildman–Crippen LogP) is 3.75. The standard InChI is InChI=1S/C13H14BrFO/c1-13(2)7-11(13)12(16)5-8-3-9(14)6-10(15)4-8/h3-4,6,11H,5,7H2,1-2H3. The third kappa shape index (κ3) is 2.51. The summed E-state index contributed by atoms with van der Waals surface area (Å²) in [7, 11) is 0. The number of halogens is 2. The van der Waals surface area contributed by atoms with Gasteiger partial charge in [0.05, 0.1) is 0 Å². The molecule has 1 aromatic rings. The quantitative estimate of drug-likeness (QED) is 0.826. The van der Waals surface area contributed by atoms with Gasteiger partial charge in [-0.25, -0.2) is 4.39 Å². The molecule has 0 heterocycles. The number of Topliss-reactive ketones (excluding diaryl/α,β-unsaturated/α-hetero) is 1. The lowest BCUT2D eigenvalue weighted by Gasteiger charge is -2.04. The van der Waals surface area contributed by atoms with Gasteiger partial charge in [0.15, 0.2) is 0 Å². The largest absolute Gasteiger partial charge is 0.299 e. The second kappa shape index (κ2) is 3.95. The van der Waals surface area contributed by atoms with Crippen molar-refractivity contribution < 1.29 is 9.18 Å². The monoisotopic (exact) mass is 284 g/mol. The summed E-state index contributed by atoms with van der Waals surface area (Å²) in [6.07, 6.45) is 1.30. The molecule has 0 bridgehead atoms. The lowest BCUT2D eigenvalue weighted by Crippen LogP contribution is -2.09. The van der Waals surface area contributed by atoms with E-state index in [0.717, 1.165) is 12.0 Å². The highest BCUT2D eigenvalue weighted by atomic mass is 79.9. The summed E-state index contributed by atoms with van der Waals surface area (Å²) in [6, 6.07) is 4.63. The molecule has 0 spiro atoms. The summed E-state index contributed by atoms with van der Waals surface area (Å²) in [4.78, 5) is 11.9. The predicted molar refractivity (Wildman–Crippen MR) is 64.7 cm³/mol. The van der Waals surface area contributed by atoms with Gasteiger partial charge in [0.2, 0.25) is 0 Å². The molecule has 16 heavy (non-hydrogen) atoms. The molecule has 1 fully saturated rings. The van der Waals surface area contributed by atoms with Crippen molar-refractivity contribution in [2.24, 2.45) is 11.3 Å². The topological polar surface area (TPSA) is 17.1 Å². The third-order valence-electron chi connectivity index (χ3n) is 3.20. The molecular weight excluding hydrogens is 271 g/mol. The van der Waals surface area contributed by atoms with Gasteiger partial charge >= 0.3 is 0 Å². The molecule has 1 nitrogen and oxygen atoms in total. The van der Waals surface area contributed by atoms with Crippen molar-refractivity contribution in [1.82, 2.24) is 0 Å². The van der Waals surface area contributed by atoms with E-state index >= 15 is 0 Å². The van der Waals surface area contributed by atoms with Crippen molar-refractivity contribution in [3.05, 3.63) is 34.1 Å². The van der Waals surface area contributed by atoms with Gasteiger partial charge in [-0.2, -0.15) is 0 Å². The van der Waals surface area contributed by atoms with Gasteiger partial charge in [0.1, 0.15) is 11.6 Å². The molecule has 0 saturated heterocycles. The summed E-state index contributed by atoms with van der Waals surface area (Å²) in [5, 5.41) is 0. The molecule has 0 N–H and O–H groups in total. The Morgan fingerprint density at radius 2 is 2.12 bits per heavy atom. The van der Waals surface area contributed by atoms with E-state index in [1.165, 1.54) is 12.1 Å². The van der Waals surface area contributed by atoms with Gasteiger partial charge < -0.3 is 0 Å². The number of carbonyl (C=O) groups excluding carboxylic acids is 1. The first-order chi connectivity index (χ1) is 7.38. The number of ketones is 1. The SMILES string of the molecule is CC1(C)CC1C(=O)Cc1cc(F)cc(Br)c1. The Labute approximate surface area is 103 Å². The summed E-state index contributed by atoms with van der Waals surface area (Å²) in [6.45, 7) is 4.19. The van der Waals surface area contributed by atoms with Crippen LogP contribution in [0.1, 0.15) is 25.8 Å². The van der Waals surface area contributed by atoms with Gasteiger partial charge in [-0.3, -0.25) is 4.79 Å². The van der Waals surface area contributed by atoms with Gasteiger partial charge in [-0.05, 0) is 35.6 Å². The molecule has 0 radical (unpaired) electrons. The van der Waals surface area contributed by atoms with Crippen molar-refractivity contribution in [3.8, 4) is 0 Å². The zero-order valence-corrected chi connectivity index (χ0v) is 11.0. The Morgan fingerprint density at radius 1 is 1.50 bits per heavy atom. The summed E-state index contributed by atoms with van der Waals surface area (Å²) < 4.78 is 13.8. The fraction of sp³-hybridized carbons (Fsp3) is 0.462. The Bertz CT molecular complexity index is 419. The highest BCUT2D eigenvalue weighted by Gasteiger charge is 2.49. The summed E-state index contributed by atoms with van der Waals surface area (Å²) in [5.74, 6) is 0.0873. The Kier molecular flexibility index (Phi) is 2.91. The number of benzene rings is 1. The van der Waals surface area contributed by atoms with Crippen molar-refractivity contribution in [3.63, 3.8) is 0 Å². The maximum atomic E-state index is 13.1. The van der Waals surface area contributed by atoms with Crippen molar-refractivity contribution >= 4 is 21.7 Å². The van der Waals surface area contributed by atoms with Crippen molar-refractivity contribution in [1.29, 1.82) is 0 Å². The molecular formula is C13H14BrFO. The molecule has 1 aliphatic carbocycles. The third-order valence-corrected chi connectivity index (χ3v) is 3.66. The number of hydrogen-bond acceptors (Lipinski definition) is 1. The lowest BCUT2D eigenvalue weighted by atomic mass is 10.0. The average Bonchev–Trinajstić information content (AvgIpc) is 2.73. The molecule has 1 unspecified atom stereocenters. The number of carbonyl (C=O) groups is 1. The van der Waals surface area contributed by atoms with E-state index in [0.29, 0.717) is 10.9 Å². The molecule has 3 heteroatoms. The summed E-state index contributed by atoms with van der Waals surface area (Å²) in [5.41, 5.74) is 0.904. The van der Waals surface area contributed by atoms with Gasteiger partial charge in [-0.1, -0.05) is 29.8 Å². The molecule has 2 rings (SSSR count). The van der Waals surface area contributed by atoms with E-state index in [4.69, 9.17) is 0 Å². The molecule has 1 atom stereocenters. The highest BCUT2D eigenvalue weighted by Crippen LogP contribution is 2.52. The first kappa shape index (κ1) is 11.8. The van der Waals surface area contributed by atoms with E-state index in [-0.39, 0.29) is 22.9 Å². The fourth-order valence-corrected chi connectivity index (χ4v) is 2.57. The van der Waals surface area contributed by atoms with Crippen LogP contribution < -0.4 is 0 Å². The maximum absolute atomic E-state index is 13.1. The smallest absolute Gasteiger partial charge is 0.140 e. The van der Waals surface area contributed by atoms with E-state index in [2.05, 4.69) is 29.8 Å². The number of hydrogen-bond donors (Lipinski definition) is 0. The Hall–Kier alpha value is -0.700. The molecule has 0 aliphatic heterocycles. The van der Waals surface area contributed by atoms with E-state index < -0.39 is 0 Å². The van der Waals surface area contributed by atoms with Crippen LogP contribution in [0.2, 0.25) is 0 Å². The van der Waals surface area contributed by atoms with Crippen LogP contribution in [0.5, 0.6) is 0 Å². The molecule has 0 amide bonds. The van der Waals surface area contributed by atoms with Crippen LogP contribution in [0.4, 0.5) is 4.39 Å². The highest BCUT2D eigenvalue weighted by molar-refractivity contribution is 9.10. The van der Waals surface area contributed by atoms with Gasteiger partial charge in [0, 0.05) is 16.8 Å². The van der Waals surface area contributed by atoms with Crippen LogP contribution in [-0.2, 0) is 11.2 Å². The van der Waals surface area contributed by atoms with Crippen LogP contribution in [-0.4, -0.2) is 5.78 Å². The van der Waals surface area contributed by atoms with E-state index in [1.54, 1.807) is 6.07 Å². The van der Waals surface area contributed by atoms with E-state index in [9.17, 15) is 9.18 Å². The second-order valence-electron chi connectivity index (χ2n) is 5.17. The minimum Gasteiger partial charge on any atom is -0.299 e. The zero-order valence-electron chi connectivity index (χ0n) is 9.39. The van der Waals surface area contributed by atoms with Crippen LogP contribution in [0, 0.1) is 17.2 Å².